The van der Waals surface area contributed by atoms with Gasteiger partial charge in [0.25, 0.3) is 0 Å². The zero-order chi connectivity index (χ0) is 11.5. The van der Waals surface area contributed by atoms with Gasteiger partial charge in [-0.05, 0) is 18.6 Å². The van der Waals surface area contributed by atoms with Gasteiger partial charge in [-0.25, -0.2) is 4.98 Å². The Hall–Kier alpha value is -1.42. The van der Waals surface area contributed by atoms with Gasteiger partial charge < -0.3 is 5.11 Å². The minimum atomic E-state index is -0.734. The first-order valence-electron chi connectivity index (χ1n) is 5.28. The Morgan fingerprint density at radius 1 is 1.50 bits per heavy atom. The molecule has 0 aliphatic rings. The Bertz CT molecular complexity index is 473. The summed E-state index contributed by atoms with van der Waals surface area (Å²) in [5.74, 6) is -1.05. The lowest BCUT2D eigenvalue weighted by Gasteiger charge is -2.05. The third-order valence-corrected chi connectivity index (χ3v) is 3.66. The van der Waals surface area contributed by atoms with Crippen molar-refractivity contribution in [3.63, 3.8) is 0 Å². The Kier molecular flexibility index (Phi) is 3.19. The fourth-order valence-electron chi connectivity index (χ4n) is 1.62. The van der Waals surface area contributed by atoms with E-state index < -0.39 is 5.97 Å². The quantitative estimate of drug-likeness (QED) is 0.886. The second-order valence-corrected chi connectivity index (χ2v) is 4.84. The predicted molar refractivity (Wildman–Crippen MR) is 64.7 cm³/mol. The number of aliphatic carboxylic acids is 1. The molecule has 2 rings (SSSR count). The molecule has 2 aromatic rings. The van der Waals surface area contributed by atoms with E-state index in [1.165, 1.54) is 0 Å². The molecule has 0 saturated heterocycles. The normalized spacial score (nSPS) is 12.8. The molecule has 1 aromatic carbocycles. The molecule has 0 spiro atoms. The molecule has 1 aromatic heterocycles. The third-order valence-electron chi connectivity index (χ3n) is 2.60. The van der Waals surface area contributed by atoms with Crippen LogP contribution in [0, 0.1) is 5.92 Å². The summed E-state index contributed by atoms with van der Waals surface area (Å²) in [6.07, 6.45) is 1.18. The van der Waals surface area contributed by atoms with E-state index in [1.807, 2.05) is 31.2 Å². The molecule has 0 bridgehead atoms. The van der Waals surface area contributed by atoms with Crippen LogP contribution in [0.4, 0.5) is 0 Å². The van der Waals surface area contributed by atoms with Crippen molar-refractivity contribution in [2.75, 3.05) is 0 Å². The van der Waals surface area contributed by atoms with Crippen LogP contribution in [0.2, 0.25) is 0 Å². The summed E-state index contributed by atoms with van der Waals surface area (Å²) in [4.78, 5) is 15.4. The maximum atomic E-state index is 10.9. The van der Waals surface area contributed by atoms with Crippen LogP contribution in [0.25, 0.3) is 10.2 Å². The molecule has 0 radical (unpaired) electrons. The van der Waals surface area contributed by atoms with Crippen LogP contribution in [0.5, 0.6) is 0 Å². The van der Waals surface area contributed by atoms with Gasteiger partial charge in [-0.2, -0.15) is 0 Å². The number of rotatable bonds is 4. The molecule has 1 atom stereocenters. The van der Waals surface area contributed by atoms with Crippen molar-refractivity contribution in [2.24, 2.45) is 5.92 Å². The highest BCUT2D eigenvalue weighted by Crippen LogP contribution is 2.24. The van der Waals surface area contributed by atoms with Crippen molar-refractivity contribution >= 4 is 27.5 Å². The number of fused-ring (bicyclic) bond motifs is 1. The number of aromatic nitrogens is 1. The highest BCUT2D eigenvalue weighted by atomic mass is 32.1. The van der Waals surface area contributed by atoms with Gasteiger partial charge in [0.15, 0.2) is 0 Å². The number of hydrogen-bond donors (Lipinski definition) is 1. The minimum Gasteiger partial charge on any atom is -0.481 e. The zero-order valence-corrected chi connectivity index (χ0v) is 9.83. The second-order valence-electron chi connectivity index (χ2n) is 3.72. The van der Waals surface area contributed by atoms with E-state index in [4.69, 9.17) is 5.11 Å². The predicted octanol–water partition coefficient (Wildman–Crippen LogP) is 2.95. The molecule has 3 nitrogen and oxygen atoms in total. The molecule has 1 N–H and O–H groups in total. The number of carboxylic acids is 1. The Morgan fingerprint density at radius 3 is 2.88 bits per heavy atom. The summed E-state index contributed by atoms with van der Waals surface area (Å²) in [5, 5.41) is 9.90. The van der Waals surface area contributed by atoms with Gasteiger partial charge in [0.2, 0.25) is 0 Å². The van der Waals surface area contributed by atoms with E-state index in [2.05, 4.69) is 4.98 Å². The fourth-order valence-corrected chi connectivity index (χ4v) is 2.67. The van der Waals surface area contributed by atoms with Crippen LogP contribution in [0.1, 0.15) is 18.4 Å². The van der Waals surface area contributed by atoms with Crippen LogP contribution in [-0.2, 0) is 11.2 Å². The maximum Gasteiger partial charge on any atom is 0.306 e. The summed E-state index contributed by atoms with van der Waals surface area (Å²) in [5.41, 5.74) is 0.961. The van der Waals surface area contributed by atoms with Crippen LogP contribution >= 0.6 is 11.3 Å². The third kappa shape index (κ3) is 2.22. The van der Waals surface area contributed by atoms with E-state index in [9.17, 15) is 4.79 Å². The smallest absolute Gasteiger partial charge is 0.306 e. The molecule has 84 valence electrons. The van der Waals surface area contributed by atoms with Crippen LogP contribution < -0.4 is 0 Å². The number of thiazole rings is 1. The summed E-state index contributed by atoms with van der Waals surface area (Å²) in [6.45, 7) is 1.89. The van der Waals surface area contributed by atoms with E-state index in [-0.39, 0.29) is 5.92 Å². The van der Waals surface area contributed by atoms with Crippen molar-refractivity contribution < 1.29 is 9.90 Å². The zero-order valence-electron chi connectivity index (χ0n) is 9.01. The maximum absolute atomic E-state index is 10.9. The SMILES string of the molecule is CCC(Cc1nc2ccccc2s1)C(=O)O. The van der Waals surface area contributed by atoms with Gasteiger partial charge in [0.05, 0.1) is 21.1 Å². The highest BCUT2D eigenvalue weighted by molar-refractivity contribution is 7.18. The second kappa shape index (κ2) is 4.61. The van der Waals surface area contributed by atoms with Crippen molar-refractivity contribution in [3.05, 3.63) is 29.3 Å². The number of nitrogens with zero attached hydrogens (tertiary/aromatic N) is 1. The summed E-state index contributed by atoms with van der Waals surface area (Å²) >= 11 is 1.58. The van der Waals surface area contributed by atoms with Crippen molar-refractivity contribution in [1.82, 2.24) is 4.98 Å². The lowest BCUT2D eigenvalue weighted by atomic mass is 10.0. The molecule has 4 heteroatoms. The lowest BCUT2D eigenvalue weighted by Crippen LogP contribution is -2.15. The Labute approximate surface area is 97.8 Å². The lowest BCUT2D eigenvalue weighted by molar-refractivity contribution is -0.141. The largest absolute Gasteiger partial charge is 0.481 e. The topological polar surface area (TPSA) is 50.2 Å². The van der Waals surface area contributed by atoms with E-state index >= 15 is 0 Å². The molecule has 0 fully saturated rings. The molecule has 1 unspecified atom stereocenters. The standard InChI is InChI=1S/C12H13NO2S/c1-2-8(12(14)15)7-11-13-9-5-3-4-6-10(9)16-11/h3-6,8H,2,7H2,1H3,(H,14,15). The number of carboxylic acid groups (broad SMARTS) is 1. The van der Waals surface area contributed by atoms with Crippen molar-refractivity contribution in [1.29, 1.82) is 0 Å². The van der Waals surface area contributed by atoms with Crippen LogP contribution in [0.3, 0.4) is 0 Å². The monoisotopic (exact) mass is 235 g/mol. The Balaban J connectivity index is 2.24. The number of benzene rings is 1. The fraction of sp³-hybridized carbons (Fsp3) is 0.333. The van der Waals surface area contributed by atoms with Gasteiger partial charge in [0.1, 0.15) is 0 Å². The first-order chi connectivity index (χ1) is 7.70. The summed E-state index contributed by atoms with van der Waals surface area (Å²) in [7, 11) is 0. The van der Waals surface area contributed by atoms with Gasteiger partial charge >= 0.3 is 5.97 Å². The molecule has 0 saturated carbocycles. The van der Waals surface area contributed by atoms with E-state index in [1.54, 1.807) is 11.3 Å². The van der Waals surface area contributed by atoms with Gasteiger partial charge in [-0.1, -0.05) is 19.1 Å². The van der Waals surface area contributed by atoms with E-state index in [0.717, 1.165) is 15.2 Å². The number of para-hydroxylation sites is 1. The average molecular weight is 235 g/mol. The molecule has 16 heavy (non-hydrogen) atoms. The van der Waals surface area contributed by atoms with Gasteiger partial charge in [-0.15, -0.1) is 11.3 Å². The highest BCUT2D eigenvalue weighted by Gasteiger charge is 2.17. The van der Waals surface area contributed by atoms with Crippen LogP contribution in [-0.4, -0.2) is 16.1 Å². The van der Waals surface area contributed by atoms with Gasteiger partial charge in [-0.3, -0.25) is 4.79 Å². The first-order valence-corrected chi connectivity index (χ1v) is 6.09. The number of carbonyl (C=O) groups is 1. The number of hydrogen-bond acceptors (Lipinski definition) is 3. The van der Waals surface area contributed by atoms with Gasteiger partial charge in [0, 0.05) is 6.42 Å². The summed E-state index contributed by atoms with van der Waals surface area (Å²) in [6, 6.07) is 7.88. The van der Waals surface area contributed by atoms with Crippen LogP contribution in [0.15, 0.2) is 24.3 Å². The molecule has 0 aliphatic carbocycles. The first kappa shape index (κ1) is 11.1. The Morgan fingerprint density at radius 2 is 2.25 bits per heavy atom. The average Bonchev–Trinajstić information content (AvgIpc) is 2.67. The summed E-state index contributed by atoms with van der Waals surface area (Å²) < 4.78 is 1.12. The van der Waals surface area contributed by atoms with E-state index in [0.29, 0.717) is 12.8 Å². The van der Waals surface area contributed by atoms with Crippen molar-refractivity contribution in [3.8, 4) is 0 Å². The molecular formula is C12H13NO2S. The molecule has 1 heterocycles. The minimum absolute atomic E-state index is 0.319. The molecular weight excluding hydrogens is 222 g/mol. The molecule has 0 aliphatic heterocycles. The molecule has 0 amide bonds. The van der Waals surface area contributed by atoms with Crippen molar-refractivity contribution in [2.45, 2.75) is 19.8 Å².